The molecule has 2 aliphatic rings. The molecular formula is C17H23N3OS. The minimum atomic E-state index is 0.279. The maximum atomic E-state index is 5.56. The quantitative estimate of drug-likeness (QED) is 0.509. The van der Waals surface area contributed by atoms with Crippen LogP contribution in [0.15, 0.2) is 23.3 Å². The number of thiocarbonyl (C=S) groups is 1. The van der Waals surface area contributed by atoms with Crippen LogP contribution in [0.4, 0.5) is 0 Å². The Morgan fingerprint density at radius 2 is 2.18 bits per heavy atom. The number of hydrogen-bond donors (Lipinski definition) is 2. The monoisotopic (exact) mass is 317 g/mol. The van der Waals surface area contributed by atoms with Gasteiger partial charge in [0.25, 0.3) is 0 Å². The van der Waals surface area contributed by atoms with Crippen molar-refractivity contribution in [3.63, 3.8) is 0 Å². The highest BCUT2D eigenvalue weighted by atomic mass is 32.1. The summed E-state index contributed by atoms with van der Waals surface area (Å²) in [7, 11) is 0. The molecular weight excluding hydrogens is 294 g/mol. The molecule has 0 aromatic heterocycles. The van der Waals surface area contributed by atoms with Gasteiger partial charge in [0.05, 0.1) is 11.8 Å². The summed E-state index contributed by atoms with van der Waals surface area (Å²) in [4.78, 5) is 0. The number of aryl methyl sites for hydroxylation is 2. The fourth-order valence-corrected chi connectivity index (χ4v) is 3.18. The van der Waals surface area contributed by atoms with E-state index in [0.717, 1.165) is 37.3 Å². The van der Waals surface area contributed by atoms with Gasteiger partial charge < -0.3 is 10.1 Å². The van der Waals surface area contributed by atoms with Gasteiger partial charge in [0.15, 0.2) is 5.11 Å². The number of nitrogens with one attached hydrogen (secondary N) is 2. The minimum Gasteiger partial charge on any atom is -0.376 e. The second kappa shape index (κ2) is 7.20. The largest absolute Gasteiger partial charge is 0.376 e. The summed E-state index contributed by atoms with van der Waals surface area (Å²) in [5, 5.41) is 8.10. The van der Waals surface area contributed by atoms with Gasteiger partial charge in [-0.15, -0.1) is 0 Å². The Hall–Kier alpha value is -1.46. The van der Waals surface area contributed by atoms with Crippen molar-refractivity contribution in [3.05, 3.63) is 34.9 Å². The highest BCUT2D eigenvalue weighted by Crippen LogP contribution is 2.23. The molecule has 0 amide bonds. The van der Waals surface area contributed by atoms with E-state index in [1.165, 1.54) is 30.4 Å². The van der Waals surface area contributed by atoms with Gasteiger partial charge in [0.1, 0.15) is 0 Å². The zero-order valence-corrected chi connectivity index (χ0v) is 13.8. The van der Waals surface area contributed by atoms with E-state index in [-0.39, 0.29) is 6.10 Å². The Morgan fingerprint density at radius 1 is 1.32 bits per heavy atom. The fourth-order valence-electron chi connectivity index (χ4n) is 3.05. The first-order chi connectivity index (χ1) is 10.7. The number of rotatable bonds is 4. The number of hydrogen-bond acceptors (Lipinski definition) is 3. The summed E-state index contributed by atoms with van der Waals surface area (Å²) in [5.74, 6) is 0. The molecule has 1 aromatic carbocycles. The van der Waals surface area contributed by atoms with Crippen LogP contribution in [0, 0.1) is 0 Å². The molecule has 1 saturated heterocycles. The third-order valence-electron chi connectivity index (χ3n) is 4.36. The zero-order valence-electron chi connectivity index (χ0n) is 13.0. The first-order valence-corrected chi connectivity index (χ1v) is 8.45. The van der Waals surface area contributed by atoms with E-state index in [2.05, 4.69) is 34.0 Å². The maximum Gasteiger partial charge on any atom is 0.187 e. The highest BCUT2D eigenvalue weighted by Gasteiger charge is 2.15. The van der Waals surface area contributed by atoms with Crippen LogP contribution in [0.2, 0.25) is 0 Å². The van der Waals surface area contributed by atoms with Crippen LogP contribution >= 0.6 is 12.2 Å². The maximum absolute atomic E-state index is 5.56. The van der Waals surface area contributed by atoms with Crippen molar-refractivity contribution in [3.8, 4) is 0 Å². The Balaban J connectivity index is 1.51. The summed E-state index contributed by atoms with van der Waals surface area (Å²) >= 11 is 5.25. The van der Waals surface area contributed by atoms with Gasteiger partial charge in [-0.2, -0.15) is 5.10 Å². The van der Waals surface area contributed by atoms with Gasteiger partial charge in [-0.25, -0.2) is 0 Å². The van der Waals surface area contributed by atoms with E-state index in [1.54, 1.807) is 0 Å². The lowest BCUT2D eigenvalue weighted by Crippen LogP contribution is -2.37. The van der Waals surface area contributed by atoms with Crippen molar-refractivity contribution < 1.29 is 4.74 Å². The summed E-state index contributed by atoms with van der Waals surface area (Å²) in [5.41, 5.74) is 7.99. The lowest BCUT2D eigenvalue weighted by molar-refractivity contribution is 0.114. The average molecular weight is 317 g/mol. The number of ether oxygens (including phenoxy) is 1. The Bertz CT molecular complexity index is 579. The zero-order chi connectivity index (χ0) is 15.4. The molecule has 5 heteroatoms. The van der Waals surface area contributed by atoms with E-state index >= 15 is 0 Å². The first-order valence-electron chi connectivity index (χ1n) is 8.04. The van der Waals surface area contributed by atoms with Crippen molar-refractivity contribution in [2.75, 3.05) is 13.2 Å². The molecule has 1 aliphatic heterocycles. The van der Waals surface area contributed by atoms with Crippen molar-refractivity contribution >= 4 is 23.0 Å². The lowest BCUT2D eigenvalue weighted by Gasteiger charge is -2.12. The topological polar surface area (TPSA) is 45.7 Å². The van der Waals surface area contributed by atoms with Crippen molar-refractivity contribution in [2.24, 2.45) is 5.10 Å². The predicted molar refractivity (Wildman–Crippen MR) is 93.4 cm³/mol. The molecule has 2 N–H and O–H groups in total. The molecule has 118 valence electrons. The third kappa shape index (κ3) is 3.84. The molecule has 1 aromatic rings. The molecule has 0 unspecified atom stereocenters. The van der Waals surface area contributed by atoms with Crippen LogP contribution < -0.4 is 10.7 Å². The van der Waals surface area contributed by atoms with Crippen LogP contribution in [0.1, 0.15) is 42.9 Å². The fraction of sp³-hybridized carbons (Fsp3) is 0.529. The number of hydrazone groups is 1. The SMILES string of the molecule is C/C(=N/NC(=S)NC[C@H]1CCCO1)c1ccc2c(c1)CCC2. The summed E-state index contributed by atoms with van der Waals surface area (Å²) < 4.78 is 5.56. The molecule has 1 fully saturated rings. The molecule has 1 aliphatic carbocycles. The smallest absolute Gasteiger partial charge is 0.187 e. The summed E-state index contributed by atoms with van der Waals surface area (Å²) in [6.45, 7) is 3.62. The molecule has 0 saturated carbocycles. The molecule has 4 nitrogen and oxygen atoms in total. The van der Waals surface area contributed by atoms with Crippen molar-refractivity contribution in [1.82, 2.24) is 10.7 Å². The van der Waals surface area contributed by atoms with E-state index < -0.39 is 0 Å². The summed E-state index contributed by atoms with van der Waals surface area (Å²) in [6, 6.07) is 6.63. The van der Waals surface area contributed by atoms with E-state index in [9.17, 15) is 0 Å². The number of nitrogens with zero attached hydrogens (tertiary/aromatic N) is 1. The Labute approximate surface area is 137 Å². The van der Waals surface area contributed by atoms with Gasteiger partial charge in [-0.1, -0.05) is 12.1 Å². The second-order valence-corrected chi connectivity index (χ2v) is 6.40. The molecule has 1 atom stereocenters. The van der Waals surface area contributed by atoms with Crippen molar-refractivity contribution in [1.29, 1.82) is 0 Å². The molecule has 3 rings (SSSR count). The number of benzene rings is 1. The van der Waals surface area contributed by atoms with Gasteiger partial charge in [0.2, 0.25) is 0 Å². The average Bonchev–Trinajstić information content (AvgIpc) is 3.20. The van der Waals surface area contributed by atoms with Crippen LogP contribution in [0.3, 0.4) is 0 Å². The number of fused-ring (bicyclic) bond motifs is 1. The highest BCUT2D eigenvalue weighted by molar-refractivity contribution is 7.80. The van der Waals surface area contributed by atoms with Crippen LogP contribution in [-0.2, 0) is 17.6 Å². The second-order valence-electron chi connectivity index (χ2n) is 5.99. The Morgan fingerprint density at radius 3 is 3.00 bits per heavy atom. The third-order valence-corrected chi connectivity index (χ3v) is 4.59. The van der Waals surface area contributed by atoms with Crippen LogP contribution in [-0.4, -0.2) is 30.1 Å². The first kappa shape index (κ1) is 15.4. The molecule has 0 radical (unpaired) electrons. The molecule has 1 heterocycles. The minimum absolute atomic E-state index is 0.279. The normalized spacial score (nSPS) is 20.8. The summed E-state index contributed by atoms with van der Waals surface area (Å²) in [6.07, 6.45) is 6.19. The van der Waals surface area contributed by atoms with Gasteiger partial charge in [-0.05, 0) is 74.0 Å². The van der Waals surface area contributed by atoms with Gasteiger partial charge in [-0.3, -0.25) is 5.43 Å². The van der Waals surface area contributed by atoms with E-state index in [0.29, 0.717) is 5.11 Å². The van der Waals surface area contributed by atoms with E-state index in [4.69, 9.17) is 17.0 Å². The molecule has 22 heavy (non-hydrogen) atoms. The standard InChI is InChI=1S/C17H23N3OS/c1-12(14-8-7-13-4-2-5-15(13)10-14)19-20-17(22)18-11-16-6-3-9-21-16/h7-8,10,16H,2-6,9,11H2,1H3,(H2,18,20,22)/b19-12-/t16-/m1/s1. The van der Waals surface area contributed by atoms with Crippen LogP contribution in [0.5, 0.6) is 0 Å². The van der Waals surface area contributed by atoms with Crippen LogP contribution in [0.25, 0.3) is 0 Å². The predicted octanol–water partition coefficient (Wildman–Crippen LogP) is 2.54. The van der Waals surface area contributed by atoms with Crippen molar-refractivity contribution in [2.45, 2.75) is 45.1 Å². The van der Waals surface area contributed by atoms with Gasteiger partial charge >= 0.3 is 0 Å². The van der Waals surface area contributed by atoms with E-state index in [1.807, 2.05) is 6.92 Å². The molecule has 0 bridgehead atoms. The molecule has 0 spiro atoms. The van der Waals surface area contributed by atoms with Gasteiger partial charge in [0, 0.05) is 13.2 Å². The lowest BCUT2D eigenvalue weighted by atomic mass is 10.0. The Kier molecular flexibility index (Phi) is 5.05.